The van der Waals surface area contributed by atoms with Crippen molar-refractivity contribution in [2.24, 2.45) is 0 Å². The highest BCUT2D eigenvalue weighted by molar-refractivity contribution is 7.88. The van der Waals surface area contributed by atoms with Crippen LogP contribution < -0.4 is 10.5 Å². The van der Waals surface area contributed by atoms with Gasteiger partial charge in [0.1, 0.15) is 0 Å². The van der Waals surface area contributed by atoms with E-state index in [1.165, 1.54) is 0 Å². The lowest BCUT2D eigenvalue weighted by Crippen LogP contribution is -2.26. The maximum atomic E-state index is 11.0. The summed E-state index contributed by atoms with van der Waals surface area (Å²) in [5.41, 5.74) is 7.30. The van der Waals surface area contributed by atoms with E-state index in [1.54, 1.807) is 22.8 Å². The Balaban J connectivity index is 2.27. The van der Waals surface area contributed by atoms with Crippen LogP contribution in [0.1, 0.15) is 0 Å². The molecule has 0 unspecified atom stereocenters. The van der Waals surface area contributed by atoms with Crippen LogP contribution >= 0.6 is 11.6 Å². The van der Waals surface area contributed by atoms with Crippen molar-refractivity contribution in [2.45, 2.75) is 6.54 Å². The normalized spacial score (nSPS) is 12.1. The van der Waals surface area contributed by atoms with Gasteiger partial charge >= 0.3 is 0 Å². The molecule has 0 fully saturated rings. The maximum Gasteiger partial charge on any atom is 0.208 e. The summed E-state index contributed by atoms with van der Waals surface area (Å²) in [6.45, 7) is 0.650. The van der Waals surface area contributed by atoms with Crippen LogP contribution in [0, 0.1) is 0 Å². The minimum absolute atomic E-state index is 0.251. The molecule has 3 N–H and O–H groups in total. The molecule has 1 aromatic heterocycles. The zero-order valence-corrected chi connectivity index (χ0v) is 11.3. The van der Waals surface area contributed by atoms with Crippen molar-refractivity contribution in [1.82, 2.24) is 14.3 Å². The lowest BCUT2D eigenvalue weighted by molar-refractivity contribution is 0.581. The molecule has 6 nitrogen and oxygen atoms in total. The number of anilines is 1. The van der Waals surface area contributed by atoms with Gasteiger partial charge < -0.3 is 10.3 Å². The van der Waals surface area contributed by atoms with Crippen LogP contribution in [0.2, 0.25) is 5.02 Å². The summed E-state index contributed by atoms with van der Waals surface area (Å²) >= 11 is 5.91. The molecule has 1 aromatic carbocycles. The standard InChI is InChI=1S/C10H13ClN4O2S/c1-18(16,17)13-4-5-15-9-6-7(11)2-3-8(9)14-10(15)12/h2-3,6,13H,4-5H2,1H3,(H2,12,14). The number of halogens is 1. The Morgan fingerprint density at radius 3 is 2.89 bits per heavy atom. The van der Waals surface area contributed by atoms with Gasteiger partial charge in [0.15, 0.2) is 0 Å². The summed E-state index contributed by atoms with van der Waals surface area (Å²) in [6.07, 6.45) is 1.11. The Bertz CT molecular complexity index is 680. The lowest BCUT2D eigenvalue weighted by Gasteiger charge is -2.06. The van der Waals surface area contributed by atoms with Crippen molar-refractivity contribution in [3.05, 3.63) is 23.2 Å². The van der Waals surface area contributed by atoms with Crippen LogP contribution in [0.3, 0.4) is 0 Å². The number of nitrogens with zero attached hydrogens (tertiary/aromatic N) is 2. The van der Waals surface area contributed by atoms with Gasteiger partial charge in [0.25, 0.3) is 0 Å². The molecular formula is C10H13ClN4O2S. The second-order valence-corrected chi connectivity index (χ2v) is 6.19. The van der Waals surface area contributed by atoms with Crippen molar-refractivity contribution >= 4 is 38.6 Å². The number of sulfonamides is 1. The van der Waals surface area contributed by atoms with E-state index in [0.717, 1.165) is 17.3 Å². The van der Waals surface area contributed by atoms with E-state index in [4.69, 9.17) is 17.3 Å². The maximum absolute atomic E-state index is 11.0. The van der Waals surface area contributed by atoms with Crippen molar-refractivity contribution in [1.29, 1.82) is 0 Å². The zero-order chi connectivity index (χ0) is 13.3. The SMILES string of the molecule is CS(=O)(=O)NCCn1c(N)nc2ccc(Cl)cc21. The Morgan fingerprint density at radius 1 is 1.50 bits per heavy atom. The van der Waals surface area contributed by atoms with Crippen molar-refractivity contribution in [3.8, 4) is 0 Å². The fourth-order valence-electron chi connectivity index (χ4n) is 1.69. The van der Waals surface area contributed by atoms with Gasteiger partial charge in [-0.05, 0) is 18.2 Å². The molecule has 0 saturated heterocycles. The third kappa shape index (κ3) is 2.92. The minimum Gasteiger partial charge on any atom is -0.369 e. The largest absolute Gasteiger partial charge is 0.369 e. The molecule has 2 aromatic rings. The van der Waals surface area contributed by atoms with Crippen molar-refractivity contribution < 1.29 is 8.42 Å². The second-order valence-electron chi connectivity index (χ2n) is 3.92. The van der Waals surface area contributed by atoms with Crippen LogP contribution in [-0.2, 0) is 16.6 Å². The molecule has 18 heavy (non-hydrogen) atoms. The van der Waals surface area contributed by atoms with Crippen LogP contribution in [0.5, 0.6) is 0 Å². The average molecular weight is 289 g/mol. The van der Waals surface area contributed by atoms with Gasteiger partial charge in [-0.1, -0.05) is 11.6 Å². The van der Waals surface area contributed by atoms with E-state index in [1.807, 2.05) is 0 Å². The van der Waals surface area contributed by atoms with Gasteiger partial charge in [0.2, 0.25) is 16.0 Å². The molecule has 0 amide bonds. The van der Waals surface area contributed by atoms with Gasteiger partial charge in [-0.15, -0.1) is 0 Å². The molecule has 0 aliphatic rings. The Labute approximate surface area is 110 Å². The number of aromatic nitrogens is 2. The topological polar surface area (TPSA) is 90.0 Å². The number of benzene rings is 1. The molecule has 0 atom stereocenters. The fraction of sp³-hybridized carbons (Fsp3) is 0.300. The van der Waals surface area contributed by atoms with Crippen molar-refractivity contribution in [3.63, 3.8) is 0 Å². The predicted molar refractivity (Wildman–Crippen MR) is 72.0 cm³/mol. The van der Waals surface area contributed by atoms with E-state index in [-0.39, 0.29) is 6.54 Å². The average Bonchev–Trinajstić information content (AvgIpc) is 2.54. The van der Waals surface area contributed by atoms with Gasteiger partial charge in [-0.25, -0.2) is 18.1 Å². The number of imidazole rings is 1. The van der Waals surface area contributed by atoms with Gasteiger partial charge in [-0.2, -0.15) is 0 Å². The fourth-order valence-corrected chi connectivity index (χ4v) is 2.32. The third-order valence-corrected chi connectivity index (χ3v) is 3.40. The molecule has 8 heteroatoms. The number of nitrogen functional groups attached to an aromatic ring is 1. The highest BCUT2D eigenvalue weighted by atomic mass is 35.5. The minimum atomic E-state index is -3.20. The molecule has 1 heterocycles. The summed E-state index contributed by atoms with van der Waals surface area (Å²) in [5, 5.41) is 0.583. The monoisotopic (exact) mass is 288 g/mol. The number of hydrogen-bond donors (Lipinski definition) is 2. The Kier molecular flexibility index (Phi) is 3.47. The summed E-state index contributed by atoms with van der Waals surface area (Å²) in [7, 11) is -3.20. The number of rotatable bonds is 4. The van der Waals surface area contributed by atoms with Gasteiger partial charge in [-0.3, -0.25) is 0 Å². The van der Waals surface area contributed by atoms with Crippen LogP contribution in [0.4, 0.5) is 5.95 Å². The number of hydrogen-bond acceptors (Lipinski definition) is 4. The lowest BCUT2D eigenvalue weighted by atomic mass is 10.3. The summed E-state index contributed by atoms with van der Waals surface area (Å²) < 4.78 is 26.1. The molecule has 0 radical (unpaired) electrons. The molecule has 0 spiro atoms. The molecule has 2 rings (SSSR count). The van der Waals surface area contributed by atoms with Gasteiger partial charge in [0, 0.05) is 18.1 Å². The summed E-state index contributed by atoms with van der Waals surface area (Å²) in [5.74, 6) is 0.336. The number of nitrogens with two attached hydrogens (primary N) is 1. The van der Waals surface area contributed by atoms with Crippen LogP contribution in [-0.4, -0.2) is 30.8 Å². The molecular weight excluding hydrogens is 276 g/mol. The summed E-state index contributed by atoms with van der Waals surface area (Å²) in [4.78, 5) is 4.17. The molecule has 0 aliphatic heterocycles. The predicted octanol–water partition coefficient (Wildman–Crippen LogP) is 0.821. The first-order valence-electron chi connectivity index (χ1n) is 5.23. The Hall–Kier alpha value is -1.31. The highest BCUT2D eigenvalue weighted by Gasteiger charge is 2.09. The highest BCUT2D eigenvalue weighted by Crippen LogP contribution is 2.21. The number of fused-ring (bicyclic) bond motifs is 1. The van der Waals surface area contributed by atoms with Crippen molar-refractivity contribution in [2.75, 3.05) is 18.5 Å². The quantitative estimate of drug-likeness (QED) is 0.871. The third-order valence-electron chi connectivity index (χ3n) is 2.44. The van der Waals surface area contributed by atoms with E-state index in [0.29, 0.717) is 17.5 Å². The van der Waals surface area contributed by atoms with E-state index >= 15 is 0 Å². The second kappa shape index (κ2) is 4.75. The van der Waals surface area contributed by atoms with Crippen LogP contribution in [0.25, 0.3) is 11.0 Å². The van der Waals surface area contributed by atoms with Gasteiger partial charge in [0.05, 0.1) is 17.3 Å². The number of nitrogens with one attached hydrogen (secondary N) is 1. The van der Waals surface area contributed by atoms with E-state index in [9.17, 15) is 8.42 Å². The first kappa shape index (κ1) is 13.1. The first-order valence-corrected chi connectivity index (χ1v) is 7.49. The molecule has 0 bridgehead atoms. The van der Waals surface area contributed by atoms with Crippen LogP contribution in [0.15, 0.2) is 18.2 Å². The zero-order valence-electron chi connectivity index (χ0n) is 9.72. The molecule has 98 valence electrons. The molecule has 0 saturated carbocycles. The molecule has 0 aliphatic carbocycles. The smallest absolute Gasteiger partial charge is 0.208 e. The van der Waals surface area contributed by atoms with E-state index in [2.05, 4.69) is 9.71 Å². The summed E-state index contributed by atoms with van der Waals surface area (Å²) in [6, 6.07) is 5.25. The van der Waals surface area contributed by atoms with E-state index < -0.39 is 10.0 Å². The Morgan fingerprint density at radius 2 is 2.22 bits per heavy atom. The first-order chi connectivity index (χ1) is 8.37.